The Morgan fingerprint density at radius 3 is 2.65 bits per heavy atom. The van der Waals surface area contributed by atoms with Crippen molar-refractivity contribution in [2.45, 2.75) is 6.42 Å². The summed E-state index contributed by atoms with van der Waals surface area (Å²) < 4.78 is 0. The highest BCUT2D eigenvalue weighted by molar-refractivity contribution is 5.70. The maximum Gasteiger partial charge on any atom is 0.308 e. The number of hydrogen-bond acceptors (Lipinski definition) is 4. The fourth-order valence-corrected chi connectivity index (χ4v) is 1.76. The Balaban J connectivity index is 2.41. The Bertz CT molecular complexity index is 736. The lowest BCUT2D eigenvalue weighted by Crippen LogP contribution is -2.16. The monoisotopic (exact) mass is 274 g/mol. The molecule has 1 heterocycles. The molecule has 1 aromatic carbocycles. The van der Waals surface area contributed by atoms with Gasteiger partial charge in [0.1, 0.15) is 0 Å². The van der Waals surface area contributed by atoms with E-state index in [9.17, 15) is 19.7 Å². The van der Waals surface area contributed by atoms with E-state index in [1.165, 1.54) is 30.3 Å². The molecule has 0 radical (unpaired) electrons. The lowest BCUT2D eigenvalue weighted by Gasteiger charge is -2.03. The van der Waals surface area contributed by atoms with Gasteiger partial charge < -0.3 is 10.1 Å². The van der Waals surface area contributed by atoms with E-state index in [0.717, 1.165) is 0 Å². The molecule has 2 aromatic rings. The number of nitrogens with one attached hydrogen (secondary N) is 1. The first-order valence-corrected chi connectivity index (χ1v) is 5.66. The lowest BCUT2D eigenvalue weighted by molar-refractivity contribution is -0.384. The fraction of sp³-hybridized carbons (Fsp3) is 0.0769. The number of aliphatic carboxylic acids is 1. The third-order valence-electron chi connectivity index (χ3n) is 2.70. The molecule has 0 spiro atoms. The number of nitro groups is 1. The van der Waals surface area contributed by atoms with Gasteiger partial charge in [0.05, 0.1) is 11.3 Å². The molecule has 0 aliphatic carbocycles. The second kappa shape index (κ2) is 5.35. The molecule has 102 valence electrons. The first-order valence-electron chi connectivity index (χ1n) is 5.66. The van der Waals surface area contributed by atoms with Gasteiger partial charge in [0.2, 0.25) is 0 Å². The Hall–Kier alpha value is -2.96. The maximum atomic E-state index is 11.7. The number of benzene rings is 1. The van der Waals surface area contributed by atoms with Gasteiger partial charge in [-0.05, 0) is 6.07 Å². The van der Waals surface area contributed by atoms with Crippen molar-refractivity contribution in [3.05, 3.63) is 62.4 Å². The van der Waals surface area contributed by atoms with Crippen LogP contribution in [0.3, 0.4) is 0 Å². The second-order valence-corrected chi connectivity index (χ2v) is 4.10. The summed E-state index contributed by atoms with van der Waals surface area (Å²) in [6.45, 7) is 0. The number of carboxylic acid groups (broad SMARTS) is 1. The average Bonchev–Trinajstić information content (AvgIpc) is 2.40. The number of aromatic nitrogens is 1. The summed E-state index contributed by atoms with van der Waals surface area (Å²) in [6, 6.07) is 8.74. The van der Waals surface area contributed by atoms with Crippen molar-refractivity contribution in [2.24, 2.45) is 0 Å². The molecule has 2 rings (SSSR count). The van der Waals surface area contributed by atoms with Crippen LogP contribution in [0.4, 0.5) is 5.69 Å². The first-order chi connectivity index (χ1) is 9.47. The van der Waals surface area contributed by atoms with Gasteiger partial charge >= 0.3 is 5.97 Å². The smallest absolute Gasteiger partial charge is 0.308 e. The van der Waals surface area contributed by atoms with E-state index >= 15 is 0 Å². The normalized spacial score (nSPS) is 10.2. The summed E-state index contributed by atoms with van der Waals surface area (Å²) in [5, 5.41) is 19.3. The predicted octanol–water partition coefficient (Wildman–Crippen LogP) is 1.58. The summed E-state index contributed by atoms with van der Waals surface area (Å²) in [7, 11) is 0. The van der Waals surface area contributed by atoms with Crippen LogP contribution in [0.5, 0.6) is 0 Å². The molecule has 0 atom stereocenters. The van der Waals surface area contributed by atoms with Crippen LogP contribution in [0.25, 0.3) is 11.3 Å². The zero-order valence-electron chi connectivity index (χ0n) is 10.2. The van der Waals surface area contributed by atoms with Crippen LogP contribution in [-0.4, -0.2) is 21.0 Å². The van der Waals surface area contributed by atoms with Crippen LogP contribution in [0.1, 0.15) is 5.56 Å². The maximum absolute atomic E-state index is 11.7. The van der Waals surface area contributed by atoms with E-state index in [4.69, 9.17) is 5.11 Å². The Kier molecular flexibility index (Phi) is 3.60. The van der Waals surface area contributed by atoms with E-state index in [1.807, 2.05) is 0 Å². The first kappa shape index (κ1) is 13.5. The van der Waals surface area contributed by atoms with E-state index in [0.29, 0.717) is 11.3 Å². The standard InChI is InChI=1S/C13H10N2O5/c16-12(17)7-9-4-5-11(14-13(9)18)8-2-1-3-10(6-8)15(19)20/h1-6H,7H2,(H,14,18)(H,16,17). The molecule has 0 fully saturated rings. The molecular formula is C13H10N2O5. The molecule has 1 aromatic heterocycles. The van der Waals surface area contributed by atoms with Crippen molar-refractivity contribution in [1.82, 2.24) is 4.98 Å². The van der Waals surface area contributed by atoms with Crippen LogP contribution in [0.2, 0.25) is 0 Å². The van der Waals surface area contributed by atoms with Crippen molar-refractivity contribution in [3.8, 4) is 11.3 Å². The molecule has 2 N–H and O–H groups in total. The van der Waals surface area contributed by atoms with Crippen molar-refractivity contribution in [1.29, 1.82) is 0 Å². The van der Waals surface area contributed by atoms with Gasteiger partial charge in [-0.3, -0.25) is 19.7 Å². The quantitative estimate of drug-likeness (QED) is 0.649. The predicted molar refractivity (Wildman–Crippen MR) is 70.5 cm³/mol. The molecule has 7 heteroatoms. The molecule has 0 unspecified atom stereocenters. The molecule has 0 aliphatic heterocycles. The number of carbonyl (C=O) groups is 1. The third-order valence-corrected chi connectivity index (χ3v) is 2.70. The van der Waals surface area contributed by atoms with Crippen LogP contribution in [-0.2, 0) is 11.2 Å². The number of H-pyrrole nitrogens is 1. The Labute approximate surface area is 112 Å². The summed E-state index contributed by atoms with van der Waals surface area (Å²) in [5.74, 6) is -1.10. The summed E-state index contributed by atoms with van der Waals surface area (Å²) in [4.78, 5) is 35.0. The third kappa shape index (κ3) is 2.89. The fourth-order valence-electron chi connectivity index (χ4n) is 1.76. The van der Waals surface area contributed by atoms with E-state index < -0.39 is 16.5 Å². The van der Waals surface area contributed by atoms with Crippen LogP contribution >= 0.6 is 0 Å². The van der Waals surface area contributed by atoms with Crippen molar-refractivity contribution < 1.29 is 14.8 Å². The van der Waals surface area contributed by atoms with E-state index in [1.54, 1.807) is 6.07 Å². The van der Waals surface area contributed by atoms with Gasteiger partial charge in [-0.25, -0.2) is 0 Å². The second-order valence-electron chi connectivity index (χ2n) is 4.10. The van der Waals surface area contributed by atoms with Gasteiger partial charge in [0.25, 0.3) is 11.2 Å². The SMILES string of the molecule is O=C(O)Cc1ccc(-c2cccc([N+](=O)[O-])c2)[nH]c1=O. The minimum Gasteiger partial charge on any atom is -0.481 e. The molecule has 20 heavy (non-hydrogen) atoms. The molecule has 0 saturated carbocycles. The van der Waals surface area contributed by atoms with Crippen LogP contribution in [0, 0.1) is 10.1 Å². The van der Waals surface area contributed by atoms with Crippen molar-refractivity contribution >= 4 is 11.7 Å². The highest BCUT2D eigenvalue weighted by Crippen LogP contribution is 2.21. The van der Waals surface area contributed by atoms with Gasteiger partial charge in [0.15, 0.2) is 0 Å². The van der Waals surface area contributed by atoms with Crippen molar-refractivity contribution in [2.75, 3.05) is 0 Å². The largest absolute Gasteiger partial charge is 0.481 e. The Morgan fingerprint density at radius 2 is 2.05 bits per heavy atom. The number of nitro benzene ring substituents is 1. The van der Waals surface area contributed by atoms with Crippen molar-refractivity contribution in [3.63, 3.8) is 0 Å². The number of aromatic amines is 1. The minimum absolute atomic E-state index is 0.0852. The summed E-state index contributed by atoms with van der Waals surface area (Å²) in [6.07, 6.45) is -0.370. The summed E-state index contributed by atoms with van der Waals surface area (Å²) in [5.41, 5.74) is 0.409. The highest BCUT2D eigenvalue weighted by Gasteiger charge is 2.10. The minimum atomic E-state index is -1.10. The van der Waals surface area contributed by atoms with E-state index in [2.05, 4.69) is 4.98 Å². The van der Waals surface area contributed by atoms with Gasteiger partial charge in [0, 0.05) is 29.0 Å². The van der Waals surface area contributed by atoms with E-state index in [-0.39, 0.29) is 17.7 Å². The number of non-ortho nitro benzene ring substituents is 1. The molecular weight excluding hydrogens is 264 g/mol. The molecule has 0 amide bonds. The van der Waals surface area contributed by atoms with Gasteiger partial charge in [-0.1, -0.05) is 18.2 Å². The Morgan fingerprint density at radius 1 is 1.30 bits per heavy atom. The van der Waals surface area contributed by atoms with Crippen LogP contribution in [0.15, 0.2) is 41.2 Å². The topological polar surface area (TPSA) is 113 Å². The zero-order chi connectivity index (χ0) is 14.7. The number of hydrogen-bond donors (Lipinski definition) is 2. The number of carboxylic acids is 1. The number of pyridine rings is 1. The lowest BCUT2D eigenvalue weighted by atomic mass is 10.1. The number of nitrogens with zero attached hydrogens (tertiary/aromatic N) is 1. The molecule has 0 bridgehead atoms. The van der Waals surface area contributed by atoms with Gasteiger partial charge in [-0.15, -0.1) is 0 Å². The average molecular weight is 274 g/mol. The molecule has 0 aliphatic rings. The molecule has 7 nitrogen and oxygen atoms in total. The summed E-state index contributed by atoms with van der Waals surface area (Å²) >= 11 is 0. The highest BCUT2D eigenvalue weighted by atomic mass is 16.6. The van der Waals surface area contributed by atoms with Gasteiger partial charge in [-0.2, -0.15) is 0 Å². The zero-order valence-corrected chi connectivity index (χ0v) is 10.2. The van der Waals surface area contributed by atoms with Crippen LogP contribution < -0.4 is 5.56 Å². The molecule has 0 saturated heterocycles. The number of rotatable bonds is 4.